The lowest BCUT2D eigenvalue weighted by Crippen LogP contribution is -2.27. The van der Waals surface area contributed by atoms with Gasteiger partial charge >= 0.3 is 0 Å². The minimum atomic E-state index is -0.345. The van der Waals surface area contributed by atoms with E-state index in [1.54, 1.807) is 18.2 Å². The van der Waals surface area contributed by atoms with E-state index in [0.717, 1.165) is 5.56 Å². The summed E-state index contributed by atoms with van der Waals surface area (Å²) in [4.78, 5) is 11.7. The molecule has 0 aliphatic heterocycles. The monoisotopic (exact) mass is 255 g/mol. The van der Waals surface area contributed by atoms with E-state index in [2.05, 4.69) is 5.32 Å². The van der Waals surface area contributed by atoms with Crippen LogP contribution in [0.4, 0.5) is 0 Å². The fourth-order valence-electron chi connectivity index (χ4n) is 1.44. The number of aryl methyl sites for hydroxylation is 1. The maximum absolute atomic E-state index is 11.7. The van der Waals surface area contributed by atoms with Crippen molar-refractivity contribution in [2.75, 3.05) is 6.54 Å². The first-order valence-electron chi connectivity index (χ1n) is 5.77. The van der Waals surface area contributed by atoms with E-state index < -0.39 is 0 Å². The highest BCUT2D eigenvalue weighted by atomic mass is 35.5. The molecule has 0 saturated carbocycles. The zero-order chi connectivity index (χ0) is 12.8. The number of rotatable bonds is 5. The summed E-state index contributed by atoms with van der Waals surface area (Å²) < 4.78 is 0. The fourth-order valence-corrected chi connectivity index (χ4v) is 1.56. The van der Waals surface area contributed by atoms with Gasteiger partial charge in [-0.3, -0.25) is 4.79 Å². The Morgan fingerprint density at radius 2 is 2.24 bits per heavy atom. The second-order valence-corrected chi connectivity index (χ2v) is 4.48. The number of amides is 1. The zero-order valence-electron chi connectivity index (χ0n) is 10.2. The molecular formula is C13H18ClNO2. The van der Waals surface area contributed by atoms with Crippen molar-refractivity contribution < 1.29 is 9.90 Å². The first-order chi connectivity index (χ1) is 8.04. The van der Waals surface area contributed by atoms with E-state index >= 15 is 0 Å². The number of halogens is 1. The van der Waals surface area contributed by atoms with Crippen molar-refractivity contribution in [2.45, 2.75) is 32.8 Å². The van der Waals surface area contributed by atoms with E-state index in [-0.39, 0.29) is 12.0 Å². The summed E-state index contributed by atoms with van der Waals surface area (Å²) in [5.74, 6) is -0.131. The highest BCUT2D eigenvalue weighted by Crippen LogP contribution is 2.16. The molecule has 0 fully saturated rings. The van der Waals surface area contributed by atoms with Crippen molar-refractivity contribution in [3.05, 3.63) is 34.3 Å². The largest absolute Gasteiger partial charge is 0.393 e. The van der Waals surface area contributed by atoms with Crippen LogP contribution in [0.15, 0.2) is 18.2 Å². The molecular weight excluding hydrogens is 238 g/mol. The predicted molar refractivity (Wildman–Crippen MR) is 69.4 cm³/mol. The molecule has 0 saturated heterocycles. The van der Waals surface area contributed by atoms with Crippen molar-refractivity contribution in [2.24, 2.45) is 0 Å². The first kappa shape index (κ1) is 14.0. The fraction of sp³-hybridized carbons (Fsp3) is 0.462. The van der Waals surface area contributed by atoms with Crippen LogP contribution in [-0.2, 0) is 0 Å². The van der Waals surface area contributed by atoms with Crippen molar-refractivity contribution in [3.8, 4) is 0 Å². The average Bonchev–Trinajstić information content (AvgIpc) is 2.32. The minimum Gasteiger partial charge on any atom is -0.393 e. The molecule has 94 valence electrons. The zero-order valence-corrected chi connectivity index (χ0v) is 10.9. The van der Waals surface area contributed by atoms with Crippen LogP contribution in [0.5, 0.6) is 0 Å². The minimum absolute atomic E-state index is 0.131. The molecule has 0 radical (unpaired) electrons. The number of benzene rings is 1. The van der Waals surface area contributed by atoms with Crippen LogP contribution in [0.1, 0.15) is 35.7 Å². The van der Waals surface area contributed by atoms with Gasteiger partial charge < -0.3 is 10.4 Å². The van der Waals surface area contributed by atoms with Crippen LogP contribution >= 0.6 is 11.6 Å². The molecule has 1 amide bonds. The van der Waals surface area contributed by atoms with Gasteiger partial charge in [-0.15, -0.1) is 0 Å². The maximum Gasteiger partial charge on any atom is 0.251 e. The summed E-state index contributed by atoms with van der Waals surface area (Å²) in [6, 6.07) is 5.17. The van der Waals surface area contributed by atoms with Gasteiger partial charge in [-0.05, 0) is 43.5 Å². The van der Waals surface area contributed by atoms with Crippen LogP contribution in [0.25, 0.3) is 0 Å². The number of nitrogens with one attached hydrogen (secondary N) is 1. The smallest absolute Gasteiger partial charge is 0.251 e. The third-order valence-electron chi connectivity index (χ3n) is 2.65. The summed E-state index contributed by atoms with van der Waals surface area (Å²) >= 11 is 5.89. The Morgan fingerprint density at radius 3 is 2.82 bits per heavy atom. The molecule has 4 heteroatoms. The number of aliphatic hydroxyl groups is 1. The standard InChI is InChI=1S/C13H18ClNO2/c1-3-11(16)6-7-15-13(17)10-4-5-12(14)9(2)8-10/h4-5,8,11,16H,3,6-7H2,1-2H3,(H,15,17). The molecule has 1 unspecified atom stereocenters. The van der Waals surface area contributed by atoms with E-state index in [1.807, 2.05) is 13.8 Å². The molecule has 0 aromatic heterocycles. The molecule has 1 rings (SSSR count). The van der Waals surface area contributed by atoms with Crippen molar-refractivity contribution in [1.29, 1.82) is 0 Å². The van der Waals surface area contributed by atoms with E-state index in [1.165, 1.54) is 0 Å². The van der Waals surface area contributed by atoms with E-state index in [9.17, 15) is 9.90 Å². The van der Waals surface area contributed by atoms with E-state index in [4.69, 9.17) is 11.6 Å². The van der Waals surface area contributed by atoms with Crippen LogP contribution in [0.2, 0.25) is 5.02 Å². The SMILES string of the molecule is CCC(O)CCNC(=O)c1ccc(Cl)c(C)c1. The molecule has 1 aromatic carbocycles. The Kier molecular flexibility index (Phi) is 5.45. The van der Waals surface area contributed by atoms with Crippen LogP contribution in [0, 0.1) is 6.92 Å². The Balaban J connectivity index is 2.50. The van der Waals surface area contributed by atoms with Crippen molar-refractivity contribution >= 4 is 17.5 Å². The number of aliphatic hydroxyl groups excluding tert-OH is 1. The molecule has 2 N–H and O–H groups in total. The van der Waals surface area contributed by atoms with Gasteiger partial charge in [0.25, 0.3) is 5.91 Å². The van der Waals surface area contributed by atoms with Crippen molar-refractivity contribution in [1.82, 2.24) is 5.32 Å². The summed E-state index contributed by atoms with van der Waals surface area (Å²) in [5, 5.41) is 12.8. The van der Waals surface area contributed by atoms with E-state index in [0.29, 0.717) is 30.0 Å². The molecule has 1 aromatic rings. The summed E-state index contributed by atoms with van der Waals surface area (Å²) in [5.41, 5.74) is 1.48. The Bertz CT molecular complexity index is 393. The second kappa shape index (κ2) is 6.62. The van der Waals surface area contributed by atoms with Crippen LogP contribution in [0.3, 0.4) is 0 Å². The van der Waals surface area contributed by atoms with Crippen LogP contribution < -0.4 is 5.32 Å². The number of hydrogen-bond donors (Lipinski definition) is 2. The van der Waals surface area contributed by atoms with Gasteiger partial charge in [-0.25, -0.2) is 0 Å². The molecule has 0 aliphatic rings. The molecule has 0 spiro atoms. The topological polar surface area (TPSA) is 49.3 Å². The van der Waals surface area contributed by atoms with Gasteiger partial charge in [0, 0.05) is 17.1 Å². The predicted octanol–water partition coefficient (Wildman–Crippen LogP) is 2.54. The summed E-state index contributed by atoms with van der Waals surface area (Å²) in [6.45, 7) is 4.25. The third kappa shape index (κ3) is 4.36. The lowest BCUT2D eigenvalue weighted by molar-refractivity contribution is 0.0942. The number of hydrogen-bond acceptors (Lipinski definition) is 2. The van der Waals surface area contributed by atoms with Gasteiger partial charge in [0.15, 0.2) is 0 Å². The second-order valence-electron chi connectivity index (χ2n) is 4.07. The van der Waals surface area contributed by atoms with Gasteiger partial charge in [-0.1, -0.05) is 18.5 Å². The number of carbonyl (C=O) groups is 1. The molecule has 0 heterocycles. The lowest BCUT2D eigenvalue weighted by atomic mass is 10.1. The average molecular weight is 256 g/mol. The molecule has 0 aliphatic carbocycles. The highest BCUT2D eigenvalue weighted by Gasteiger charge is 2.07. The van der Waals surface area contributed by atoms with Gasteiger partial charge in [-0.2, -0.15) is 0 Å². The lowest BCUT2D eigenvalue weighted by Gasteiger charge is -2.09. The molecule has 0 bridgehead atoms. The third-order valence-corrected chi connectivity index (χ3v) is 3.08. The Hall–Kier alpha value is -1.06. The summed E-state index contributed by atoms with van der Waals surface area (Å²) in [6.07, 6.45) is 0.937. The Labute approximate surface area is 107 Å². The molecule has 1 atom stereocenters. The van der Waals surface area contributed by atoms with Crippen molar-refractivity contribution in [3.63, 3.8) is 0 Å². The number of carbonyl (C=O) groups excluding carboxylic acids is 1. The maximum atomic E-state index is 11.7. The quantitative estimate of drug-likeness (QED) is 0.850. The first-order valence-corrected chi connectivity index (χ1v) is 6.14. The van der Waals surface area contributed by atoms with Gasteiger partial charge in [0.2, 0.25) is 0 Å². The summed E-state index contributed by atoms with van der Waals surface area (Å²) in [7, 11) is 0. The highest BCUT2D eigenvalue weighted by molar-refractivity contribution is 6.31. The Morgan fingerprint density at radius 1 is 1.53 bits per heavy atom. The molecule has 3 nitrogen and oxygen atoms in total. The molecule has 17 heavy (non-hydrogen) atoms. The normalized spacial score (nSPS) is 12.2. The van der Waals surface area contributed by atoms with Gasteiger partial charge in [0.05, 0.1) is 6.10 Å². The van der Waals surface area contributed by atoms with Gasteiger partial charge in [0.1, 0.15) is 0 Å². The van der Waals surface area contributed by atoms with Crippen LogP contribution in [-0.4, -0.2) is 23.7 Å².